The fourth-order valence-corrected chi connectivity index (χ4v) is 1.34. The Bertz CT molecular complexity index is 517. The molecule has 0 saturated heterocycles. The molecule has 18 heavy (non-hydrogen) atoms. The van der Waals surface area contributed by atoms with Crippen LogP contribution in [0.3, 0.4) is 0 Å². The van der Waals surface area contributed by atoms with Gasteiger partial charge in [0.05, 0.1) is 30.9 Å². The Kier molecular flexibility index (Phi) is 3.81. The highest BCUT2D eigenvalue weighted by atomic mass is 19.4. The summed E-state index contributed by atoms with van der Waals surface area (Å²) in [6, 6.07) is 3.02. The maximum atomic E-state index is 12.7. The van der Waals surface area contributed by atoms with Crippen molar-refractivity contribution in [2.24, 2.45) is 0 Å². The van der Waals surface area contributed by atoms with E-state index in [1.54, 1.807) is 6.07 Å². The zero-order chi connectivity index (χ0) is 13.9. The molecule has 1 aromatic rings. The molecule has 0 radical (unpaired) electrons. The summed E-state index contributed by atoms with van der Waals surface area (Å²) in [5.41, 5.74) is -1.83. The number of hydrogen-bond donors (Lipinski definition) is 0. The molecular formula is C11H8F3NO3. The second-order valence-corrected chi connectivity index (χ2v) is 3.20. The quantitative estimate of drug-likeness (QED) is 0.765. The summed E-state index contributed by atoms with van der Waals surface area (Å²) < 4.78 is 47.0. The number of nitrogens with zero attached hydrogens (tertiary/aromatic N) is 1. The number of carbonyl (C=O) groups excluding carboxylic acids is 1. The van der Waals surface area contributed by atoms with E-state index >= 15 is 0 Å². The van der Waals surface area contributed by atoms with Gasteiger partial charge in [-0.05, 0) is 12.1 Å². The van der Waals surface area contributed by atoms with E-state index < -0.39 is 29.0 Å². The van der Waals surface area contributed by atoms with E-state index in [9.17, 15) is 18.0 Å². The van der Waals surface area contributed by atoms with Gasteiger partial charge < -0.3 is 9.47 Å². The molecule has 1 aromatic carbocycles. The molecule has 0 aliphatic carbocycles. The molecular weight excluding hydrogens is 251 g/mol. The maximum Gasteiger partial charge on any atom is 0.419 e. The van der Waals surface area contributed by atoms with Gasteiger partial charge in [-0.2, -0.15) is 18.4 Å². The van der Waals surface area contributed by atoms with Crippen LogP contribution in [0.15, 0.2) is 12.1 Å². The molecule has 4 nitrogen and oxygen atoms in total. The zero-order valence-corrected chi connectivity index (χ0v) is 9.46. The van der Waals surface area contributed by atoms with Gasteiger partial charge in [-0.3, -0.25) is 0 Å². The number of halogens is 3. The SMILES string of the molecule is COC(=O)c1cc(C(F)(F)F)c(OC)cc1C#N. The number of ether oxygens (including phenoxy) is 2. The first-order valence-electron chi connectivity index (χ1n) is 4.62. The minimum absolute atomic E-state index is 0.244. The third kappa shape index (κ3) is 2.53. The summed E-state index contributed by atoms with van der Waals surface area (Å²) in [7, 11) is 2.06. The molecule has 7 heteroatoms. The summed E-state index contributed by atoms with van der Waals surface area (Å²) in [5, 5.41) is 8.78. The third-order valence-electron chi connectivity index (χ3n) is 2.17. The summed E-state index contributed by atoms with van der Waals surface area (Å²) in [6.45, 7) is 0. The molecule has 96 valence electrons. The maximum absolute atomic E-state index is 12.7. The van der Waals surface area contributed by atoms with Crippen LogP contribution in [0.2, 0.25) is 0 Å². The van der Waals surface area contributed by atoms with Gasteiger partial charge in [-0.15, -0.1) is 0 Å². The van der Waals surface area contributed by atoms with E-state index in [4.69, 9.17) is 5.26 Å². The van der Waals surface area contributed by atoms with Crippen LogP contribution in [0.4, 0.5) is 13.2 Å². The third-order valence-corrected chi connectivity index (χ3v) is 2.17. The van der Waals surface area contributed by atoms with Crippen LogP contribution in [0, 0.1) is 11.3 Å². The predicted octanol–water partition coefficient (Wildman–Crippen LogP) is 2.37. The van der Waals surface area contributed by atoms with Crippen molar-refractivity contribution in [3.8, 4) is 11.8 Å². The number of nitriles is 1. The Morgan fingerprint density at radius 1 is 1.33 bits per heavy atom. The molecule has 0 aliphatic rings. The summed E-state index contributed by atoms with van der Waals surface area (Å²) >= 11 is 0. The number of alkyl halides is 3. The highest BCUT2D eigenvalue weighted by Crippen LogP contribution is 2.37. The van der Waals surface area contributed by atoms with Gasteiger partial charge >= 0.3 is 12.1 Å². The Morgan fingerprint density at radius 2 is 1.94 bits per heavy atom. The number of hydrogen-bond acceptors (Lipinski definition) is 4. The van der Waals surface area contributed by atoms with Crippen molar-refractivity contribution in [2.45, 2.75) is 6.18 Å². The standard InChI is InChI=1S/C11H8F3NO3/c1-17-9-3-6(5-15)7(10(16)18-2)4-8(9)11(12,13)14/h3-4H,1-2H3. The van der Waals surface area contributed by atoms with E-state index in [2.05, 4.69) is 9.47 Å². The van der Waals surface area contributed by atoms with Crippen LogP contribution in [0.5, 0.6) is 5.75 Å². The fourth-order valence-electron chi connectivity index (χ4n) is 1.34. The molecule has 1 rings (SSSR count). The number of carbonyl (C=O) groups is 1. The van der Waals surface area contributed by atoms with Crippen molar-refractivity contribution in [1.29, 1.82) is 5.26 Å². The topological polar surface area (TPSA) is 59.3 Å². The highest BCUT2D eigenvalue weighted by Gasteiger charge is 2.36. The van der Waals surface area contributed by atoms with E-state index in [0.29, 0.717) is 6.07 Å². The van der Waals surface area contributed by atoms with Gasteiger partial charge in [0, 0.05) is 0 Å². The molecule has 0 atom stereocenters. The van der Waals surface area contributed by atoms with Crippen LogP contribution < -0.4 is 4.74 Å². The Labute approximate surface area is 101 Å². The Morgan fingerprint density at radius 3 is 2.33 bits per heavy atom. The normalized spacial score (nSPS) is 10.7. The number of methoxy groups -OCH3 is 2. The lowest BCUT2D eigenvalue weighted by Crippen LogP contribution is -2.12. The molecule has 0 aliphatic heterocycles. The van der Waals surface area contributed by atoms with Crippen LogP contribution in [0.1, 0.15) is 21.5 Å². The molecule has 0 fully saturated rings. The van der Waals surface area contributed by atoms with E-state index in [0.717, 1.165) is 20.3 Å². The van der Waals surface area contributed by atoms with Crippen LogP contribution in [0.25, 0.3) is 0 Å². The second-order valence-electron chi connectivity index (χ2n) is 3.20. The first kappa shape index (κ1) is 13.8. The van der Waals surface area contributed by atoms with E-state index in [-0.39, 0.29) is 5.56 Å². The molecule has 0 amide bonds. The van der Waals surface area contributed by atoms with Crippen molar-refractivity contribution in [1.82, 2.24) is 0 Å². The monoisotopic (exact) mass is 259 g/mol. The van der Waals surface area contributed by atoms with Crippen molar-refractivity contribution in [3.63, 3.8) is 0 Å². The average molecular weight is 259 g/mol. The molecule has 0 spiro atoms. The van der Waals surface area contributed by atoms with Gasteiger partial charge in [-0.1, -0.05) is 0 Å². The number of benzene rings is 1. The Balaban J connectivity index is 3.55. The van der Waals surface area contributed by atoms with Gasteiger partial charge in [-0.25, -0.2) is 4.79 Å². The first-order chi connectivity index (χ1) is 8.35. The van der Waals surface area contributed by atoms with Crippen molar-refractivity contribution >= 4 is 5.97 Å². The predicted molar refractivity (Wildman–Crippen MR) is 54.1 cm³/mol. The van der Waals surface area contributed by atoms with E-state index in [1.165, 1.54) is 0 Å². The van der Waals surface area contributed by atoms with Crippen molar-refractivity contribution in [3.05, 3.63) is 28.8 Å². The molecule has 0 heterocycles. The summed E-state index contributed by atoms with van der Waals surface area (Å²) in [6.07, 6.45) is -4.69. The molecule has 0 saturated carbocycles. The molecule has 0 unspecified atom stereocenters. The van der Waals surface area contributed by atoms with Gasteiger partial charge in [0.1, 0.15) is 11.8 Å². The van der Waals surface area contributed by atoms with Crippen LogP contribution in [-0.4, -0.2) is 20.2 Å². The largest absolute Gasteiger partial charge is 0.496 e. The molecule has 0 aromatic heterocycles. The lowest BCUT2D eigenvalue weighted by Gasteiger charge is -2.13. The minimum Gasteiger partial charge on any atom is -0.496 e. The smallest absolute Gasteiger partial charge is 0.419 e. The highest BCUT2D eigenvalue weighted by molar-refractivity contribution is 5.92. The molecule has 0 N–H and O–H groups in total. The second kappa shape index (κ2) is 4.96. The first-order valence-corrected chi connectivity index (χ1v) is 4.62. The fraction of sp³-hybridized carbons (Fsp3) is 0.273. The van der Waals surface area contributed by atoms with Gasteiger partial charge in [0.15, 0.2) is 0 Å². The van der Waals surface area contributed by atoms with Crippen LogP contribution in [-0.2, 0) is 10.9 Å². The van der Waals surface area contributed by atoms with E-state index in [1.807, 2.05) is 0 Å². The number of rotatable bonds is 2. The van der Waals surface area contributed by atoms with Crippen molar-refractivity contribution in [2.75, 3.05) is 14.2 Å². The minimum atomic E-state index is -4.69. The lowest BCUT2D eigenvalue weighted by atomic mass is 10.0. The van der Waals surface area contributed by atoms with Crippen molar-refractivity contribution < 1.29 is 27.4 Å². The van der Waals surface area contributed by atoms with Gasteiger partial charge in [0.25, 0.3) is 0 Å². The van der Waals surface area contributed by atoms with Crippen LogP contribution >= 0.6 is 0 Å². The number of esters is 1. The van der Waals surface area contributed by atoms with Gasteiger partial charge in [0.2, 0.25) is 0 Å². The summed E-state index contributed by atoms with van der Waals surface area (Å²) in [5.74, 6) is -1.54. The summed E-state index contributed by atoms with van der Waals surface area (Å²) in [4.78, 5) is 11.3. The Hall–Kier alpha value is -2.23. The zero-order valence-electron chi connectivity index (χ0n) is 9.46. The molecule has 0 bridgehead atoms. The average Bonchev–Trinajstić information content (AvgIpc) is 2.34. The lowest BCUT2D eigenvalue weighted by molar-refractivity contribution is -0.138.